The Balaban J connectivity index is 2.07. The molecule has 1 aromatic heterocycles. The fourth-order valence-corrected chi connectivity index (χ4v) is 2.69. The molecule has 24 heavy (non-hydrogen) atoms. The van der Waals surface area contributed by atoms with E-state index < -0.39 is 5.97 Å². The molecule has 0 radical (unpaired) electrons. The second-order valence-electron chi connectivity index (χ2n) is 5.12. The van der Waals surface area contributed by atoms with E-state index >= 15 is 0 Å². The fraction of sp³-hybridized carbons (Fsp3) is 0.0588. The zero-order valence-corrected chi connectivity index (χ0v) is 13.7. The van der Waals surface area contributed by atoms with Crippen LogP contribution in [0.15, 0.2) is 48.5 Å². The van der Waals surface area contributed by atoms with Crippen molar-refractivity contribution in [3.63, 3.8) is 0 Å². The van der Waals surface area contributed by atoms with Crippen molar-refractivity contribution in [1.29, 1.82) is 0 Å². The van der Waals surface area contributed by atoms with E-state index in [2.05, 4.69) is 5.10 Å². The molecule has 3 aromatic rings. The van der Waals surface area contributed by atoms with Gasteiger partial charge in [-0.15, -0.1) is 0 Å². The number of aromatic nitrogens is 2. The van der Waals surface area contributed by atoms with Crippen LogP contribution in [0.2, 0.25) is 10.0 Å². The van der Waals surface area contributed by atoms with Crippen molar-refractivity contribution in [3.8, 4) is 11.3 Å². The molecule has 4 nitrogen and oxygen atoms in total. The molecule has 0 unspecified atom stereocenters. The van der Waals surface area contributed by atoms with Gasteiger partial charge in [0.15, 0.2) is 5.69 Å². The number of hydrogen-bond acceptors (Lipinski definition) is 2. The highest BCUT2D eigenvalue weighted by molar-refractivity contribution is 6.33. The van der Waals surface area contributed by atoms with Crippen molar-refractivity contribution in [2.45, 2.75) is 6.54 Å². The molecule has 0 amide bonds. The van der Waals surface area contributed by atoms with Gasteiger partial charge in [0.05, 0.1) is 12.2 Å². The van der Waals surface area contributed by atoms with E-state index in [1.807, 2.05) is 0 Å². The molecule has 0 aliphatic carbocycles. The van der Waals surface area contributed by atoms with Gasteiger partial charge in [-0.3, -0.25) is 4.68 Å². The predicted octanol–water partition coefficient (Wildman–Crippen LogP) is 4.74. The molecule has 1 heterocycles. The quantitative estimate of drug-likeness (QED) is 0.727. The summed E-state index contributed by atoms with van der Waals surface area (Å²) in [5, 5.41) is 14.3. The Morgan fingerprint density at radius 3 is 2.50 bits per heavy atom. The average molecular weight is 365 g/mol. The van der Waals surface area contributed by atoms with Gasteiger partial charge in [-0.1, -0.05) is 23.2 Å². The molecule has 0 saturated carbocycles. The SMILES string of the molecule is O=C(O)c1cc(-c2ccc(F)cc2)n(Cc2cc(Cl)ccc2Cl)n1. The van der Waals surface area contributed by atoms with Crippen LogP contribution < -0.4 is 0 Å². The number of aromatic carboxylic acids is 1. The molecule has 7 heteroatoms. The Hall–Kier alpha value is -2.37. The summed E-state index contributed by atoms with van der Waals surface area (Å²) in [6, 6.07) is 12.2. The van der Waals surface area contributed by atoms with Gasteiger partial charge in [0, 0.05) is 15.6 Å². The van der Waals surface area contributed by atoms with Crippen LogP contribution in [0.5, 0.6) is 0 Å². The highest BCUT2D eigenvalue weighted by Gasteiger charge is 2.16. The lowest BCUT2D eigenvalue weighted by Crippen LogP contribution is -2.06. The lowest BCUT2D eigenvalue weighted by Gasteiger charge is -2.09. The van der Waals surface area contributed by atoms with Crippen LogP contribution in [0.4, 0.5) is 4.39 Å². The summed E-state index contributed by atoms with van der Waals surface area (Å²) in [5.41, 5.74) is 1.79. The molecule has 0 spiro atoms. The van der Waals surface area contributed by atoms with E-state index in [1.54, 1.807) is 30.3 Å². The molecular weight excluding hydrogens is 354 g/mol. The van der Waals surface area contributed by atoms with Gasteiger partial charge in [0.1, 0.15) is 5.82 Å². The second-order valence-corrected chi connectivity index (χ2v) is 5.96. The molecule has 0 saturated heterocycles. The summed E-state index contributed by atoms with van der Waals surface area (Å²) in [6.07, 6.45) is 0. The molecule has 3 rings (SSSR count). The second kappa shape index (κ2) is 6.63. The number of carboxylic acid groups (broad SMARTS) is 1. The average Bonchev–Trinajstić information content (AvgIpc) is 2.96. The summed E-state index contributed by atoms with van der Waals surface area (Å²) in [4.78, 5) is 11.2. The maximum atomic E-state index is 13.1. The Morgan fingerprint density at radius 1 is 1.12 bits per heavy atom. The largest absolute Gasteiger partial charge is 0.476 e. The van der Waals surface area contributed by atoms with Crippen molar-refractivity contribution < 1.29 is 14.3 Å². The molecule has 122 valence electrons. The van der Waals surface area contributed by atoms with Crippen LogP contribution in [-0.2, 0) is 6.54 Å². The highest BCUT2D eigenvalue weighted by atomic mass is 35.5. The van der Waals surface area contributed by atoms with Gasteiger partial charge in [-0.05, 0) is 54.1 Å². The standard InChI is InChI=1S/C17H11Cl2FN2O2/c18-12-3-6-14(19)11(7-12)9-22-16(8-15(21-22)17(23)24)10-1-4-13(20)5-2-10/h1-8H,9H2,(H,23,24). The molecule has 0 fully saturated rings. The van der Waals surface area contributed by atoms with Gasteiger partial charge >= 0.3 is 5.97 Å². The summed E-state index contributed by atoms with van der Waals surface area (Å²) in [7, 11) is 0. The van der Waals surface area contributed by atoms with Gasteiger partial charge in [0.25, 0.3) is 0 Å². The lowest BCUT2D eigenvalue weighted by molar-refractivity contribution is 0.0689. The molecule has 1 N–H and O–H groups in total. The van der Waals surface area contributed by atoms with Crippen LogP contribution >= 0.6 is 23.2 Å². The first kappa shape index (κ1) is 16.5. The number of benzene rings is 2. The zero-order valence-electron chi connectivity index (χ0n) is 12.2. The van der Waals surface area contributed by atoms with Crippen molar-refractivity contribution in [3.05, 3.63) is 75.7 Å². The normalized spacial score (nSPS) is 10.8. The monoisotopic (exact) mass is 364 g/mol. The third-order valence-corrected chi connectivity index (χ3v) is 4.07. The van der Waals surface area contributed by atoms with Crippen LogP contribution in [-0.4, -0.2) is 20.9 Å². The number of rotatable bonds is 4. The van der Waals surface area contributed by atoms with E-state index in [0.717, 1.165) is 0 Å². The van der Waals surface area contributed by atoms with E-state index in [4.69, 9.17) is 23.2 Å². The van der Waals surface area contributed by atoms with Crippen LogP contribution in [0.1, 0.15) is 16.1 Å². The first-order chi connectivity index (χ1) is 11.4. The predicted molar refractivity (Wildman–Crippen MR) is 90.1 cm³/mol. The molecule has 0 atom stereocenters. The third-order valence-electron chi connectivity index (χ3n) is 3.47. The maximum Gasteiger partial charge on any atom is 0.356 e. The topological polar surface area (TPSA) is 55.1 Å². The first-order valence-electron chi connectivity index (χ1n) is 6.95. The summed E-state index contributed by atoms with van der Waals surface area (Å²) in [5.74, 6) is -1.52. The molecule has 2 aromatic carbocycles. The zero-order chi connectivity index (χ0) is 17.3. The molecular formula is C17H11Cl2FN2O2. The number of carbonyl (C=O) groups is 1. The van der Waals surface area contributed by atoms with E-state index in [1.165, 1.54) is 22.9 Å². The van der Waals surface area contributed by atoms with Crippen LogP contribution in [0, 0.1) is 5.82 Å². The van der Waals surface area contributed by atoms with Crippen molar-refractivity contribution >= 4 is 29.2 Å². The summed E-state index contributed by atoms with van der Waals surface area (Å²) < 4.78 is 14.6. The first-order valence-corrected chi connectivity index (χ1v) is 7.70. The minimum absolute atomic E-state index is 0.104. The third kappa shape index (κ3) is 3.42. The van der Waals surface area contributed by atoms with Gasteiger partial charge in [-0.2, -0.15) is 5.10 Å². The number of hydrogen-bond donors (Lipinski definition) is 1. The van der Waals surface area contributed by atoms with E-state index in [9.17, 15) is 14.3 Å². The number of halogens is 3. The Labute approximate surface area is 147 Å². The Morgan fingerprint density at radius 2 is 1.83 bits per heavy atom. The minimum Gasteiger partial charge on any atom is -0.476 e. The van der Waals surface area contributed by atoms with Gasteiger partial charge in [0.2, 0.25) is 0 Å². The van der Waals surface area contributed by atoms with Gasteiger partial charge in [-0.25, -0.2) is 9.18 Å². The number of nitrogens with zero attached hydrogens (tertiary/aromatic N) is 2. The smallest absolute Gasteiger partial charge is 0.356 e. The molecule has 0 bridgehead atoms. The molecule has 0 aliphatic rings. The Bertz CT molecular complexity index is 907. The number of carboxylic acids is 1. The molecule has 0 aliphatic heterocycles. The summed E-state index contributed by atoms with van der Waals surface area (Å²) >= 11 is 12.2. The van der Waals surface area contributed by atoms with Crippen molar-refractivity contribution in [2.75, 3.05) is 0 Å². The maximum absolute atomic E-state index is 13.1. The van der Waals surface area contributed by atoms with E-state index in [-0.39, 0.29) is 18.1 Å². The lowest BCUT2D eigenvalue weighted by atomic mass is 10.1. The van der Waals surface area contributed by atoms with Crippen molar-refractivity contribution in [2.24, 2.45) is 0 Å². The Kier molecular flexibility index (Phi) is 4.55. The van der Waals surface area contributed by atoms with Crippen LogP contribution in [0.3, 0.4) is 0 Å². The minimum atomic E-state index is -1.14. The fourth-order valence-electron chi connectivity index (χ4n) is 2.32. The summed E-state index contributed by atoms with van der Waals surface area (Å²) in [6.45, 7) is 0.235. The van der Waals surface area contributed by atoms with Gasteiger partial charge < -0.3 is 5.11 Å². The van der Waals surface area contributed by atoms with Crippen LogP contribution in [0.25, 0.3) is 11.3 Å². The van der Waals surface area contributed by atoms with Crippen molar-refractivity contribution in [1.82, 2.24) is 9.78 Å². The highest BCUT2D eigenvalue weighted by Crippen LogP contribution is 2.26. The van der Waals surface area contributed by atoms with E-state index in [0.29, 0.717) is 26.9 Å².